The smallest absolute Gasteiger partial charge is 0.232 e. The van der Waals surface area contributed by atoms with Crippen LogP contribution in [-0.2, 0) is 21.4 Å². The fourth-order valence-electron chi connectivity index (χ4n) is 2.87. The lowest BCUT2D eigenvalue weighted by Crippen LogP contribution is -2.34. The highest BCUT2D eigenvalue weighted by atomic mass is 32.2. The number of carbonyl (C=O) groups excluding carboxylic acids is 1. The molecule has 0 fully saturated rings. The molecule has 0 heterocycles. The van der Waals surface area contributed by atoms with E-state index in [1.54, 1.807) is 0 Å². The van der Waals surface area contributed by atoms with Crippen LogP contribution in [0.1, 0.15) is 28.7 Å². The maximum atomic E-state index is 12.2. The summed E-state index contributed by atoms with van der Waals surface area (Å²) in [5.41, 5.74) is 4.72. The van der Waals surface area contributed by atoms with Crippen molar-refractivity contribution in [3.05, 3.63) is 64.7 Å². The third kappa shape index (κ3) is 5.59. The first-order valence-corrected chi connectivity index (χ1v) is 10.4. The number of nitrogens with one attached hydrogen (secondary N) is 1. The van der Waals surface area contributed by atoms with Crippen LogP contribution < -0.4 is 9.62 Å². The molecule has 0 aliphatic heterocycles. The van der Waals surface area contributed by atoms with Crippen LogP contribution in [0.25, 0.3) is 0 Å². The van der Waals surface area contributed by atoms with Crippen molar-refractivity contribution in [1.82, 2.24) is 5.32 Å². The number of carbonyl (C=O) groups is 1. The first-order valence-electron chi connectivity index (χ1n) is 8.54. The molecule has 5 nitrogen and oxygen atoms in total. The standard InChI is InChI=1S/C20H26N2O3S/c1-15-11-16(2)13-19(12-15)22(26(4,24)25)10-9-20(23)21-14-18-8-6-5-7-17(18)3/h5-8,11-13H,9-10,14H2,1-4H3,(H,21,23). The van der Waals surface area contributed by atoms with Gasteiger partial charge in [0, 0.05) is 19.5 Å². The number of aryl methyl sites for hydroxylation is 3. The predicted molar refractivity (Wildman–Crippen MR) is 106 cm³/mol. The Morgan fingerprint density at radius 3 is 2.23 bits per heavy atom. The van der Waals surface area contributed by atoms with Gasteiger partial charge in [-0.2, -0.15) is 0 Å². The topological polar surface area (TPSA) is 66.5 Å². The number of anilines is 1. The fourth-order valence-corrected chi connectivity index (χ4v) is 3.79. The minimum Gasteiger partial charge on any atom is -0.352 e. The Labute approximate surface area is 156 Å². The van der Waals surface area contributed by atoms with E-state index in [1.165, 1.54) is 4.31 Å². The molecule has 0 saturated heterocycles. The van der Waals surface area contributed by atoms with Gasteiger partial charge in [-0.3, -0.25) is 9.10 Å². The van der Waals surface area contributed by atoms with Crippen LogP contribution in [0.5, 0.6) is 0 Å². The molecule has 0 spiro atoms. The van der Waals surface area contributed by atoms with Crippen molar-refractivity contribution in [2.75, 3.05) is 17.1 Å². The molecule has 0 atom stereocenters. The lowest BCUT2D eigenvalue weighted by molar-refractivity contribution is -0.121. The maximum absolute atomic E-state index is 12.2. The Balaban J connectivity index is 2.03. The second kappa shape index (κ2) is 8.36. The summed E-state index contributed by atoms with van der Waals surface area (Å²) in [6, 6.07) is 13.5. The lowest BCUT2D eigenvalue weighted by atomic mass is 10.1. The summed E-state index contributed by atoms with van der Waals surface area (Å²) in [5.74, 6) is -0.175. The van der Waals surface area contributed by atoms with Crippen LogP contribution in [0.15, 0.2) is 42.5 Å². The lowest BCUT2D eigenvalue weighted by Gasteiger charge is -2.23. The summed E-state index contributed by atoms with van der Waals surface area (Å²) in [5, 5.41) is 2.86. The summed E-state index contributed by atoms with van der Waals surface area (Å²) < 4.78 is 25.7. The predicted octanol–water partition coefficient (Wildman–Crippen LogP) is 3.08. The molecule has 0 radical (unpaired) electrons. The highest BCUT2D eigenvalue weighted by Gasteiger charge is 2.19. The van der Waals surface area contributed by atoms with Gasteiger partial charge >= 0.3 is 0 Å². The molecular weight excluding hydrogens is 348 g/mol. The molecule has 6 heteroatoms. The van der Waals surface area contributed by atoms with Crippen molar-refractivity contribution in [3.63, 3.8) is 0 Å². The molecule has 2 aromatic carbocycles. The molecule has 140 valence electrons. The highest BCUT2D eigenvalue weighted by Crippen LogP contribution is 2.21. The van der Waals surface area contributed by atoms with Crippen LogP contribution in [0.4, 0.5) is 5.69 Å². The van der Waals surface area contributed by atoms with Crippen molar-refractivity contribution < 1.29 is 13.2 Å². The number of nitrogens with zero attached hydrogens (tertiary/aromatic N) is 1. The molecule has 0 aliphatic carbocycles. The Hall–Kier alpha value is -2.34. The SMILES string of the molecule is Cc1cc(C)cc(N(CCC(=O)NCc2ccccc2C)S(C)(=O)=O)c1. The number of rotatable bonds is 7. The van der Waals surface area contributed by atoms with Crippen molar-refractivity contribution >= 4 is 21.6 Å². The molecular formula is C20H26N2O3S. The molecule has 0 bridgehead atoms. The minimum atomic E-state index is -3.47. The van der Waals surface area contributed by atoms with Gasteiger partial charge < -0.3 is 5.32 Å². The average molecular weight is 375 g/mol. The summed E-state index contributed by atoms with van der Waals surface area (Å²) in [7, 11) is -3.47. The molecule has 2 rings (SSSR count). The second-order valence-corrected chi connectivity index (χ2v) is 8.54. The Morgan fingerprint density at radius 1 is 1.04 bits per heavy atom. The molecule has 0 aromatic heterocycles. The summed E-state index contributed by atoms with van der Waals surface area (Å²) in [4.78, 5) is 12.2. The van der Waals surface area contributed by atoms with Crippen LogP contribution in [-0.4, -0.2) is 27.1 Å². The highest BCUT2D eigenvalue weighted by molar-refractivity contribution is 7.92. The second-order valence-electron chi connectivity index (χ2n) is 6.63. The van der Waals surface area contributed by atoms with Gasteiger partial charge in [-0.25, -0.2) is 8.42 Å². The molecule has 0 saturated carbocycles. The van der Waals surface area contributed by atoms with Crippen molar-refractivity contribution in [1.29, 1.82) is 0 Å². The normalized spacial score (nSPS) is 11.2. The molecule has 0 aliphatic rings. The first-order chi connectivity index (χ1) is 12.2. The van der Waals surface area contributed by atoms with Gasteiger partial charge in [0.1, 0.15) is 0 Å². The van der Waals surface area contributed by atoms with Gasteiger partial charge in [0.15, 0.2) is 0 Å². The number of benzene rings is 2. The number of amides is 1. The van der Waals surface area contributed by atoms with E-state index in [2.05, 4.69) is 5.32 Å². The van der Waals surface area contributed by atoms with Gasteiger partial charge in [-0.1, -0.05) is 30.3 Å². The van der Waals surface area contributed by atoms with E-state index < -0.39 is 10.0 Å². The van der Waals surface area contributed by atoms with E-state index in [9.17, 15) is 13.2 Å². The Kier molecular flexibility index (Phi) is 6.42. The van der Waals surface area contributed by atoms with Gasteiger partial charge in [-0.05, 0) is 55.2 Å². The van der Waals surface area contributed by atoms with Crippen molar-refractivity contribution in [2.45, 2.75) is 33.7 Å². The van der Waals surface area contributed by atoms with E-state index in [1.807, 2.05) is 63.2 Å². The van der Waals surface area contributed by atoms with E-state index >= 15 is 0 Å². The van der Waals surface area contributed by atoms with E-state index in [4.69, 9.17) is 0 Å². The summed E-state index contributed by atoms with van der Waals surface area (Å²) >= 11 is 0. The van der Waals surface area contributed by atoms with Crippen LogP contribution in [0.2, 0.25) is 0 Å². The largest absolute Gasteiger partial charge is 0.352 e. The number of hydrogen-bond acceptors (Lipinski definition) is 3. The third-order valence-electron chi connectivity index (χ3n) is 4.17. The van der Waals surface area contributed by atoms with Crippen LogP contribution in [0, 0.1) is 20.8 Å². The van der Waals surface area contributed by atoms with Gasteiger partial charge in [0.2, 0.25) is 15.9 Å². The van der Waals surface area contributed by atoms with Gasteiger partial charge in [-0.15, -0.1) is 0 Å². The van der Waals surface area contributed by atoms with Gasteiger partial charge in [0.25, 0.3) is 0 Å². The van der Waals surface area contributed by atoms with Crippen LogP contribution in [0.3, 0.4) is 0 Å². The molecule has 1 amide bonds. The summed E-state index contributed by atoms with van der Waals surface area (Å²) in [6.07, 6.45) is 1.27. The monoisotopic (exact) mass is 374 g/mol. The number of sulfonamides is 1. The first kappa shape index (κ1) is 20.0. The summed E-state index contributed by atoms with van der Waals surface area (Å²) in [6.45, 7) is 6.39. The number of hydrogen-bond donors (Lipinski definition) is 1. The van der Waals surface area contributed by atoms with Gasteiger partial charge in [0.05, 0.1) is 11.9 Å². The quantitative estimate of drug-likeness (QED) is 0.810. The molecule has 26 heavy (non-hydrogen) atoms. The minimum absolute atomic E-state index is 0.103. The van der Waals surface area contributed by atoms with Crippen molar-refractivity contribution in [3.8, 4) is 0 Å². The molecule has 2 aromatic rings. The average Bonchev–Trinajstić information content (AvgIpc) is 2.52. The zero-order valence-electron chi connectivity index (χ0n) is 15.7. The van der Waals surface area contributed by atoms with E-state index in [0.717, 1.165) is 28.5 Å². The third-order valence-corrected chi connectivity index (χ3v) is 5.37. The Morgan fingerprint density at radius 2 is 1.65 bits per heavy atom. The zero-order valence-corrected chi connectivity index (χ0v) is 16.6. The molecule has 1 N–H and O–H groups in total. The van der Waals surface area contributed by atoms with Crippen LogP contribution >= 0.6 is 0 Å². The van der Waals surface area contributed by atoms with E-state index in [-0.39, 0.29) is 18.9 Å². The zero-order chi connectivity index (χ0) is 19.3. The van der Waals surface area contributed by atoms with Crippen molar-refractivity contribution in [2.24, 2.45) is 0 Å². The van der Waals surface area contributed by atoms with E-state index in [0.29, 0.717) is 12.2 Å². The fraction of sp³-hybridized carbons (Fsp3) is 0.350. The Bertz CT molecular complexity index is 871. The molecule has 0 unspecified atom stereocenters. The maximum Gasteiger partial charge on any atom is 0.232 e.